The highest BCUT2D eigenvalue weighted by atomic mass is 32.2. The molecule has 0 aliphatic carbocycles. The number of esters is 1. The Hall–Kier alpha value is -3.07. The monoisotopic (exact) mass is 407 g/mol. The fourth-order valence-electron chi connectivity index (χ4n) is 2.66. The highest BCUT2D eigenvalue weighted by Gasteiger charge is 2.27. The van der Waals surface area contributed by atoms with Crippen LogP contribution in [0, 0.1) is 0 Å². The molecule has 0 spiro atoms. The van der Waals surface area contributed by atoms with Gasteiger partial charge >= 0.3 is 11.7 Å². The number of Topliss-reactive ketones (excluding diaryl/α,β-unsaturated/α-hetero) is 1. The van der Waals surface area contributed by atoms with Gasteiger partial charge in [0.25, 0.3) is 0 Å². The van der Waals surface area contributed by atoms with Crippen molar-refractivity contribution in [2.45, 2.75) is 23.7 Å². The lowest BCUT2D eigenvalue weighted by Gasteiger charge is -2.12. The van der Waals surface area contributed by atoms with E-state index in [1.165, 1.54) is 13.1 Å². The molecule has 0 aliphatic heterocycles. The van der Waals surface area contributed by atoms with Gasteiger partial charge in [0, 0.05) is 22.7 Å². The van der Waals surface area contributed by atoms with Crippen LogP contribution in [0.2, 0.25) is 0 Å². The lowest BCUT2D eigenvalue weighted by atomic mass is 10.1. The molecule has 0 saturated carbocycles. The highest BCUT2D eigenvalue weighted by molar-refractivity contribution is 7.91. The number of sulfone groups is 1. The first kappa shape index (κ1) is 19.7. The molecule has 3 rings (SSSR count). The summed E-state index contributed by atoms with van der Waals surface area (Å²) >= 11 is 0. The molecule has 146 valence electrons. The average molecular weight is 407 g/mol. The molecule has 1 aromatic heterocycles. The van der Waals surface area contributed by atoms with Gasteiger partial charge in [-0.1, -0.05) is 18.2 Å². The predicted octanol–water partition coefficient (Wildman–Crippen LogP) is 3.59. The number of carbonyl (C=O) groups excluding carboxylic acids is 2. The fraction of sp³-hybridized carbons (Fsp3) is 0.158. The van der Waals surface area contributed by atoms with Crippen molar-refractivity contribution in [2.24, 2.45) is 0 Å². The van der Waals surface area contributed by atoms with E-state index in [2.05, 4.69) is 4.98 Å². The van der Waals surface area contributed by atoms with Gasteiger partial charge in [0.1, 0.15) is 0 Å². The maximum Gasteiger partial charge on any atom is 0.341 e. The summed E-state index contributed by atoms with van der Waals surface area (Å²) in [7, 11) is -4.75. The number of ketones is 1. The van der Waals surface area contributed by atoms with Crippen LogP contribution >= 0.6 is 0 Å². The van der Waals surface area contributed by atoms with Gasteiger partial charge in [-0.05, 0) is 37.3 Å². The first-order chi connectivity index (χ1) is 13.2. The van der Waals surface area contributed by atoms with Crippen LogP contribution in [0.15, 0.2) is 59.6 Å². The van der Waals surface area contributed by atoms with E-state index in [1.807, 2.05) is 6.07 Å². The molecule has 6 nitrogen and oxygen atoms in total. The Morgan fingerprint density at radius 2 is 1.68 bits per heavy atom. The summed E-state index contributed by atoms with van der Waals surface area (Å²) < 4.78 is 53.0. The third-order valence-electron chi connectivity index (χ3n) is 4.16. The van der Waals surface area contributed by atoms with Crippen molar-refractivity contribution in [2.75, 3.05) is 0 Å². The smallest absolute Gasteiger partial charge is 0.341 e. The summed E-state index contributed by atoms with van der Waals surface area (Å²) in [6, 6.07) is 11.1. The number of hydrogen-bond acceptors (Lipinski definition) is 5. The maximum atomic E-state index is 12.6. The number of benzene rings is 2. The van der Waals surface area contributed by atoms with Gasteiger partial charge in [0.2, 0.25) is 15.6 Å². The standard InChI is InChI=1S/C19H15F2NO5S/c1-11(17(23)15-10-22-16-5-3-2-4-14(15)16)27-18(24)12-6-8-13(9-7-12)28(25,26)19(20)21/h2-11,19,22H,1H3/t11-/m1/s1. The summed E-state index contributed by atoms with van der Waals surface area (Å²) in [5.74, 6) is -4.84. The molecule has 0 bridgehead atoms. The number of rotatable bonds is 6. The number of alkyl halides is 2. The molecule has 0 saturated heterocycles. The number of hydrogen-bond donors (Lipinski definition) is 1. The molecule has 0 unspecified atom stereocenters. The van der Waals surface area contributed by atoms with Gasteiger partial charge in [-0.15, -0.1) is 0 Å². The second kappa shape index (κ2) is 7.51. The molecule has 0 amide bonds. The number of para-hydroxylation sites is 1. The number of fused-ring (bicyclic) bond motifs is 1. The van der Waals surface area contributed by atoms with Crippen LogP contribution in [0.25, 0.3) is 10.9 Å². The summed E-state index contributed by atoms with van der Waals surface area (Å²) in [6.07, 6.45) is 0.428. The number of ether oxygens (including phenoxy) is 1. The number of carbonyl (C=O) groups is 2. The maximum absolute atomic E-state index is 12.6. The van der Waals surface area contributed by atoms with E-state index in [-0.39, 0.29) is 5.56 Å². The van der Waals surface area contributed by atoms with Crippen molar-refractivity contribution in [3.63, 3.8) is 0 Å². The van der Waals surface area contributed by atoms with Gasteiger partial charge in [-0.25, -0.2) is 13.2 Å². The van der Waals surface area contributed by atoms with E-state index in [4.69, 9.17) is 4.74 Å². The zero-order valence-corrected chi connectivity index (χ0v) is 15.4. The average Bonchev–Trinajstić information content (AvgIpc) is 3.11. The van der Waals surface area contributed by atoms with Crippen LogP contribution in [-0.2, 0) is 14.6 Å². The SMILES string of the molecule is C[C@@H](OC(=O)c1ccc(S(=O)(=O)C(F)F)cc1)C(=O)c1c[nH]c2ccccc12. The Balaban J connectivity index is 1.74. The van der Waals surface area contributed by atoms with E-state index in [0.717, 1.165) is 29.8 Å². The molecule has 2 aromatic carbocycles. The van der Waals surface area contributed by atoms with Crippen LogP contribution in [0.1, 0.15) is 27.6 Å². The molecule has 1 atom stereocenters. The molecular formula is C19H15F2NO5S. The van der Waals surface area contributed by atoms with E-state index in [9.17, 15) is 26.8 Å². The van der Waals surface area contributed by atoms with Crippen LogP contribution in [0.5, 0.6) is 0 Å². The second-order valence-electron chi connectivity index (χ2n) is 5.99. The van der Waals surface area contributed by atoms with Crippen molar-refractivity contribution in [1.82, 2.24) is 4.98 Å². The third kappa shape index (κ3) is 3.65. The van der Waals surface area contributed by atoms with Gasteiger partial charge in [-0.2, -0.15) is 8.78 Å². The zero-order chi connectivity index (χ0) is 20.5. The molecule has 28 heavy (non-hydrogen) atoms. The van der Waals surface area contributed by atoms with Crippen LogP contribution in [0.4, 0.5) is 8.78 Å². The summed E-state index contributed by atoms with van der Waals surface area (Å²) in [5, 5.41) is 0.692. The Morgan fingerprint density at radius 1 is 1.04 bits per heavy atom. The lowest BCUT2D eigenvalue weighted by Crippen LogP contribution is -2.24. The topological polar surface area (TPSA) is 93.3 Å². The minimum atomic E-state index is -4.75. The van der Waals surface area contributed by atoms with E-state index < -0.39 is 38.3 Å². The van der Waals surface area contributed by atoms with Gasteiger partial charge in [-0.3, -0.25) is 4.79 Å². The van der Waals surface area contributed by atoms with Crippen LogP contribution in [-0.4, -0.2) is 37.0 Å². The molecule has 1 N–H and O–H groups in total. The molecule has 1 heterocycles. The second-order valence-corrected chi connectivity index (χ2v) is 7.91. The predicted molar refractivity (Wildman–Crippen MR) is 97.1 cm³/mol. The molecule has 0 fully saturated rings. The van der Waals surface area contributed by atoms with Gasteiger partial charge < -0.3 is 9.72 Å². The molecular weight excluding hydrogens is 392 g/mol. The molecule has 0 radical (unpaired) electrons. The van der Waals surface area contributed by atoms with Crippen LogP contribution in [0.3, 0.4) is 0 Å². The summed E-state index contributed by atoms with van der Waals surface area (Å²) in [4.78, 5) is 27.1. The summed E-state index contributed by atoms with van der Waals surface area (Å²) in [6.45, 7) is 1.41. The van der Waals surface area contributed by atoms with Crippen molar-refractivity contribution in [3.8, 4) is 0 Å². The Morgan fingerprint density at radius 3 is 2.32 bits per heavy atom. The van der Waals surface area contributed by atoms with Gasteiger partial charge in [0.15, 0.2) is 6.10 Å². The Labute approximate surface area is 159 Å². The minimum Gasteiger partial charge on any atom is -0.451 e. The van der Waals surface area contributed by atoms with Gasteiger partial charge in [0.05, 0.1) is 10.5 Å². The first-order valence-corrected chi connectivity index (χ1v) is 9.70. The first-order valence-electron chi connectivity index (χ1n) is 8.15. The van der Waals surface area contributed by atoms with Crippen molar-refractivity contribution < 1.29 is 31.5 Å². The van der Waals surface area contributed by atoms with Crippen molar-refractivity contribution >= 4 is 32.5 Å². The minimum absolute atomic E-state index is 0.0632. The Bertz CT molecular complexity index is 1140. The van der Waals surface area contributed by atoms with Crippen LogP contribution < -0.4 is 0 Å². The summed E-state index contributed by atoms with van der Waals surface area (Å²) in [5.41, 5.74) is 1.07. The largest absolute Gasteiger partial charge is 0.451 e. The highest BCUT2D eigenvalue weighted by Crippen LogP contribution is 2.21. The van der Waals surface area contributed by atoms with Crippen molar-refractivity contribution in [3.05, 3.63) is 65.9 Å². The molecule has 9 heteroatoms. The quantitative estimate of drug-likeness (QED) is 0.498. The third-order valence-corrected chi connectivity index (χ3v) is 5.56. The fourth-order valence-corrected chi connectivity index (χ4v) is 3.38. The number of nitrogens with one attached hydrogen (secondary N) is 1. The van der Waals surface area contributed by atoms with E-state index in [0.29, 0.717) is 10.9 Å². The van der Waals surface area contributed by atoms with E-state index >= 15 is 0 Å². The Kier molecular flexibility index (Phi) is 5.28. The number of aromatic amines is 1. The van der Waals surface area contributed by atoms with E-state index in [1.54, 1.807) is 18.2 Å². The molecule has 3 aromatic rings. The normalized spacial score (nSPS) is 12.9. The number of H-pyrrole nitrogens is 1. The van der Waals surface area contributed by atoms with Crippen molar-refractivity contribution in [1.29, 1.82) is 0 Å². The molecule has 0 aliphatic rings. The lowest BCUT2D eigenvalue weighted by molar-refractivity contribution is 0.0319. The number of aromatic nitrogens is 1. The number of halogens is 2. The zero-order valence-electron chi connectivity index (χ0n) is 14.6.